The van der Waals surface area contributed by atoms with Crippen LogP contribution in [0.3, 0.4) is 0 Å². The minimum absolute atomic E-state index is 0.165. The van der Waals surface area contributed by atoms with E-state index in [-0.39, 0.29) is 23.3 Å². The zero-order valence-electron chi connectivity index (χ0n) is 25.4. The van der Waals surface area contributed by atoms with Gasteiger partial charge in [-0.2, -0.15) is 0 Å². The predicted octanol–water partition coefficient (Wildman–Crippen LogP) is 3.48. The third kappa shape index (κ3) is 7.66. The van der Waals surface area contributed by atoms with Crippen LogP contribution in [0, 0.1) is 0 Å². The van der Waals surface area contributed by atoms with Gasteiger partial charge in [0.2, 0.25) is 0 Å². The summed E-state index contributed by atoms with van der Waals surface area (Å²) in [6.45, 7) is -0.290. The van der Waals surface area contributed by atoms with Gasteiger partial charge >= 0.3 is 23.6 Å². The normalized spacial score (nSPS) is 18.5. The van der Waals surface area contributed by atoms with Crippen LogP contribution in [-0.2, 0) is 14.2 Å². The van der Waals surface area contributed by atoms with Crippen molar-refractivity contribution in [3.63, 3.8) is 0 Å². The van der Waals surface area contributed by atoms with Crippen molar-refractivity contribution in [2.45, 2.75) is 22.8 Å². The second kappa shape index (κ2) is 14.7. The van der Waals surface area contributed by atoms with Crippen molar-refractivity contribution in [2.75, 3.05) is 27.9 Å². The fraction of sp³-hybridized carbons (Fsp3) is 0.242. The van der Waals surface area contributed by atoms with E-state index in [0.717, 1.165) is 22.4 Å². The fourth-order valence-electron chi connectivity index (χ4n) is 4.77. The molecule has 14 heteroatoms. The van der Waals surface area contributed by atoms with Crippen LogP contribution in [0.5, 0.6) is 17.2 Å². The van der Waals surface area contributed by atoms with Gasteiger partial charge in [-0.3, -0.25) is 14.3 Å². The van der Waals surface area contributed by atoms with E-state index >= 15 is 0 Å². The molecule has 47 heavy (non-hydrogen) atoms. The first kappa shape index (κ1) is 32.9. The molecule has 4 aromatic rings. The van der Waals surface area contributed by atoms with E-state index in [0.29, 0.717) is 17.2 Å². The standard InChI is InChI=1S/C33H30N2O11S/c1-41-22-10-4-19(5-11-22)30(37)44-18-25-27(45-31(38)20-6-12-23(42-2)13-7-20)28(29(47-25)35-17-16-26(36)34-33(35)40)46-32(39)21-8-14-24(43-3)15-9-21/h4-17,25,27-29H,18H2,1-3H3,(H,34,36,40)/t25-,27-,28-,29-/m1/s1. The van der Waals surface area contributed by atoms with E-state index in [9.17, 15) is 24.0 Å². The number of aromatic amines is 1. The maximum atomic E-state index is 13.4. The average Bonchev–Trinajstić information content (AvgIpc) is 3.42. The molecule has 0 amide bonds. The van der Waals surface area contributed by atoms with Gasteiger partial charge in [-0.25, -0.2) is 19.2 Å². The molecule has 0 unspecified atom stereocenters. The van der Waals surface area contributed by atoms with Gasteiger partial charge in [0.05, 0.1) is 43.3 Å². The molecule has 0 saturated carbocycles. The topological polar surface area (TPSA) is 161 Å². The number of ether oxygens (including phenoxy) is 6. The van der Waals surface area contributed by atoms with E-state index in [1.807, 2.05) is 0 Å². The highest BCUT2D eigenvalue weighted by Crippen LogP contribution is 2.45. The molecule has 5 rings (SSSR count). The molecule has 1 N–H and O–H groups in total. The summed E-state index contributed by atoms with van der Waals surface area (Å²) in [7, 11) is 4.47. The Morgan fingerprint density at radius 1 is 0.660 bits per heavy atom. The highest BCUT2D eigenvalue weighted by Gasteiger charge is 2.51. The molecular formula is C33H30N2O11S. The molecule has 3 aromatic carbocycles. The van der Waals surface area contributed by atoms with Crippen LogP contribution in [0.4, 0.5) is 0 Å². The molecule has 1 aliphatic rings. The molecule has 0 bridgehead atoms. The lowest BCUT2D eigenvalue weighted by Crippen LogP contribution is -2.43. The maximum absolute atomic E-state index is 13.4. The molecule has 1 aromatic heterocycles. The van der Waals surface area contributed by atoms with Gasteiger partial charge in [0, 0.05) is 12.3 Å². The Balaban J connectivity index is 1.49. The zero-order valence-corrected chi connectivity index (χ0v) is 26.3. The number of H-pyrrole nitrogens is 1. The van der Waals surface area contributed by atoms with Crippen molar-refractivity contribution in [1.29, 1.82) is 0 Å². The summed E-state index contributed by atoms with van der Waals surface area (Å²) in [4.78, 5) is 66.8. The number of carbonyl (C=O) groups is 3. The maximum Gasteiger partial charge on any atom is 0.338 e. The van der Waals surface area contributed by atoms with Gasteiger partial charge in [-0.1, -0.05) is 0 Å². The molecule has 13 nitrogen and oxygen atoms in total. The number of aromatic nitrogens is 2. The van der Waals surface area contributed by atoms with Gasteiger partial charge in [0.1, 0.15) is 29.2 Å². The first-order chi connectivity index (χ1) is 22.7. The number of thioether (sulfide) groups is 1. The number of rotatable bonds is 11. The van der Waals surface area contributed by atoms with E-state index in [1.54, 1.807) is 36.4 Å². The number of carbonyl (C=O) groups excluding carboxylic acids is 3. The van der Waals surface area contributed by atoms with Crippen LogP contribution in [0.25, 0.3) is 0 Å². The highest BCUT2D eigenvalue weighted by molar-refractivity contribution is 8.00. The van der Waals surface area contributed by atoms with Crippen molar-refractivity contribution >= 4 is 29.7 Å². The Kier molecular flexibility index (Phi) is 10.3. The van der Waals surface area contributed by atoms with Crippen LogP contribution in [0.2, 0.25) is 0 Å². The molecule has 2 heterocycles. The number of methoxy groups -OCH3 is 3. The highest BCUT2D eigenvalue weighted by atomic mass is 32.2. The molecular weight excluding hydrogens is 632 g/mol. The number of hydrogen-bond acceptors (Lipinski definition) is 12. The van der Waals surface area contributed by atoms with E-state index in [2.05, 4.69) is 4.98 Å². The van der Waals surface area contributed by atoms with E-state index in [4.69, 9.17) is 28.4 Å². The number of benzene rings is 3. The summed E-state index contributed by atoms with van der Waals surface area (Å²) in [6.07, 6.45) is -1.24. The van der Waals surface area contributed by atoms with Crippen LogP contribution >= 0.6 is 11.8 Å². The lowest BCUT2D eigenvalue weighted by atomic mass is 10.1. The summed E-state index contributed by atoms with van der Waals surface area (Å²) in [5.74, 6) is -0.614. The lowest BCUT2D eigenvalue weighted by Gasteiger charge is -2.26. The first-order valence-electron chi connectivity index (χ1n) is 14.2. The Morgan fingerprint density at radius 2 is 1.11 bits per heavy atom. The van der Waals surface area contributed by atoms with Crippen molar-refractivity contribution in [1.82, 2.24) is 9.55 Å². The molecule has 0 radical (unpaired) electrons. The third-order valence-corrected chi connectivity index (χ3v) is 8.78. The zero-order chi connectivity index (χ0) is 33.5. The summed E-state index contributed by atoms with van der Waals surface area (Å²) in [5.41, 5.74) is -0.825. The molecule has 1 aliphatic heterocycles. The minimum Gasteiger partial charge on any atom is -0.497 e. The van der Waals surface area contributed by atoms with E-state index in [1.165, 1.54) is 63.9 Å². The van der Waals surface area contributed by atoms with Gasteiger partial charge in [-0.15, -0.1) is 11.8 Å². The molecule has 0 aliphatic carbocycles. The molecule has 244 valence electrons. The quantitative estimate of drug-likeness (QED) is 0.184. The monoisotopic (exact) mass is 662 g/mol. The number of nitrogens with zero attached hydrogens (tertiary/aromatic N) is 1. The largest absolute Gasteiger partial charge is 0.497 e. The first-order valence-corrected chi connectivity index (χ1v) is 15.1. The van der Waals surface area contributed by atoms with Crippen molar-refractivity contribution in [3.05, 3.63) is 123 Å². The Labute approximate surface area is 272 Å². The number of nitrogens with one attached hydrogen (secondary N) is 1. The Hall–Kier alpha value is -5.50. The van der Waals surface area contributed by atoms with Crippen molar-refractivity contribution in [3.8, 4) is 17.2 Å². The smallest absolute Gasteiger partial charge is 0.338 e. The second-order valence-corrected chi connectivity index (χ2v) is 11.5. The van der Waals surface area contributed by atoms with Crippen LogP contribution in [0.1, 0.15) is 36.4 Å². The third-order valence-electron chi connectivity index (χ3n) is 7.25. The molecule has 4 atom stereocenters. The average molecular weight is 663 g/mol. The summed E-state index contributed by atoms with van der Waals surface area (Å²) >= 11 is 1.08. The SMILES string of the molecule is COc1ccc(C(=O)OC[C@H]2S[C@@H](n3ccc(=O)[nH]c3=O)[C@H](OC(=O)c3ccc(OC)cc3)[C@@H]2OC(=O)c2ccc(OC)cc2)cc1. The molecule has 1 saturated heterocycles. The van der Waals surface area contributed by atoms with Gasteiger partial charge in [0.25, 0.3) is 5.56 Å². The van der Waals surface area contributed by atoms with Crippen molar-refractivity contribution in [2.24, 2.45) is 0 Å². The van der Waals surface area contributed by atoms with Gasteiger partial charge in [-0.05, 0) is 72.8 Å². The summed E-state index contributed by atoms with van der Waals surface area (Å²) in [6, 6.07) is 19.7. The second-order valence-electron chi connectivity index (χ2n) is 10.1. The fourth-order valence-corrected chi connectivity index (χ4v) is 6.30. The van der Waals surface area contributed by atoms with Crippen LogP contribution < -0.4 is 25.5 Å². The number of esters is 3. The Bertz CT molecular complexity index is 1840. The lowest BCUT2D eigenvalue weighted by molar-refractivity contribution is -0.0412. The number of hydrogen-bond donors (Lipinski definition) is 1. The van der Waals surface area contributed by atoms with Gasteiger partial charge < -0.3 is 28.4 Å². The van der Waals surface area contributed by atoms with Crippen molar-refractivity contribution < 1.29 is 42.8 Å². The summed E-state index contributed by atoms with van der Waals surface area (Å²) in [5, 5.41) is -1.82. The van der Waals surface area contributed by atoms with Gasteiger partial charge in [0.15, 0.2) is 12.2 Å². The molecule has 1 fully saturated rings. The van der Waals surface area contributed by atoms with Crippen LogP contribution in [0.15, 0.2) is 94.6 Å². The molecule has 0 spiro atoms. The predicted molar refractivity (Wildman–Crippen MR) is 169 cm³/mol. The Morgan fingerprint density at radius 3 is 1.55 bits per heavy atom. The summed E-state index contributed by atoms with van der Waals surface area (Å²) < 4.78 is 34.2. The minimum atomic E-state index is -1.27. The van der Waals surface area contributed by atoms with E-state index < -0.39 is 52.0 Å². The van der Waals surface area contributed by atoms with Crippen LogP contribution in [-0.4, -0.2) is 72.9 Å².